The molecule has 7 heteroatoms. The van der Waals surface area contributed by atoms with Crippen LogP contribution < -0.4 is 11.1 Å². The highest BCUT2D eigenvalue weighted by molar-refractivity contribution is 9.11. The highest BCUT2D eigenvalue weighted by Gasteiger charge is 2.18. The van der Waals surface area contributed by atoms with Gasteiger partial charge in [-0.3, -0.25) is 4.79 Å². The first kappa shape index (κ1) is 13.5. The second kappa shape index (κ2) is 5.70. The summed E-state index contributed by atoms with van der Waals surface area (Å²) in [7, 11) is 0. The van der Waals surface area contributed by atoms with E-state index in [1.54, 1.807) is 0 Å². The van der Waals surface area contributed by atoms with Crippen molar-refractivity contribution in [3.63, 3.8) is 0 Å². The van der Waals surface area contributed by atoms with Crippen LogP contribution in [0, 0.1) is 5.92 Å². The molecule has 0 aliphatic rings. The van der Waals surface area contributed by atoms with Gasteiger partial charge in [-0.1, -0.05) is 13.8 Å². The van der Waals surface area contributed by atoms with Gasteiger partial charge in [0.2, 0.25) is 5.91 Å². The summed E-state index contributed by atoms with van der Waals surface area (Å²) >= 11 is 6.38. The van der Waals surface area contributed by atoms with Crippen LogP contribution >= 0.6 is 31.9 Å². The van der Waals surface area contributed by atoms with Crippen molar-refractivity contribution in [2.75, 3.05) is 5.32 Å². The van der Waals surface area contributed by atoms with E-state index in [2.05, 4.69) is 47.1 Å². The molecule has 1 heterocycles. The molecule has 0 aromatic carbocycles. The Balaban J connectivity index is 2.77. The lowest BCUT2D eigenvalue weighted by atomic mass is 10.1. The maximum Gasteiger partial charge on any atom is 0.242 e. The van der Waals surface area contributed by atoms with Gasteiger partial charge in [0.05, 0.1) is 12.2 Å². The summed E-state index contributed by atoms with van der Waals surface area (Å²) in [6, 6.07) is -0.558. The molecule has 0 aliphatic heterocycles. The first-order valence-electron chi connectivity index (χ1n) is 4.66. The van der Waals surface area contributed by atoms with Gasteiger partial charge in [-0.2, -0.15) is 0 Å². The number of nitrogens with one attached hydrogen (secondary N) is 1. The lowest BCUT2D eigenvalue weighted by molar-refractivity contribution is -0.118. The number of carbonyl (C=O) groups is 1. The third-order valence-electron chi connectivity index (χ3n) is 1.96. The van der Waals surface area contributed by atoms with Gasteiger partial charge in [-0.25, -0.2) is 9.97 Å². The molecule has 0 saturated heterocycles. The summed E-state index contributed by atoms with van der Waals surface area (Å²) in [6.07, 6.45) is 1.50. The van der Waals surface area contributed by atoms with Crippen molar-refractivity contribution in [2.45, 2.75) is 19.9 Å². The molecule has 0 fully saturated rings. The molecule has 1 unspecified atom stereocenters. The molecular formula is C9H12Br2N4O. The van der Waals surface area contributed by atoms with Crippen LogP contribution in [0.3, 0.4) is 0 Å². The average Bonchev–Trinajstić information content (AvgIpc) is 2.20. The van der Waals surface area contributed by atoms with Crippen LogP contribution in [-0.4, -0.2) is 21.9 Å². The molecule has 0 bridgehead atoms. The molecule has 1 atom stereocenters. The summed E-state index contributed by atoms with van der Waals surface area (Å²) in [4.78, 5) is 19.7. The Morgan fingerprint density at radius 1 is 1.50 bits per heavy atom. The minimum absolute atomic E-state index is 0.0715. The van der Waals surface area contributed by atoms with Crippen LogP contribution in [0.25, 0.3) is 0 Å². The van der Waals surface area contributed by atoms with Crippen molar-refractivity contribution in [3.8, 4) is 0 Å². The molecular weight excluding hydrogens is 340 g/mol. The van der Waals surface area contributed by atoms with E-state index in [0.717, 1.165) is 0 Å². The molecule has 0 saturated carbocycles. The van der Waals surface area contributed by atoms with Gasteiger partial charge in [0.25, 0.3) is 0 Å². The Kier molecular flexibility index (Phi) is 4.82. The number of nitrogens with two attached hydrogens (primary N) is 1. The summed E-state index contributed by atoms with van der Waals surface area (Å²) in [5.74, 6) is 0.166. The molecule has 1 aromatic rings. The molecule has 0 radical (unpaired) electrons. The largest absolute Gasteiger partial charge is 0.320 e. The van der Waals surface area contributed by atoms with Crippen LogP contribution in [0.15, 0.2) is 15.4 Å². The predicted molar refractivity (Wildman–Crippen MR) is 68.9 cm³/mol. The number of aromatic nitrogens is 2. The topological polar surface area (TPSA) is 80.9 Å². The first-order valence-corrected chi connectivity index (χ1v) is 6.25. The van der Waals surface area contributed by atoms with Gasteiger partial charge >= 0.3 is 0 Å². The Labute approximate surface area is 110 Å². The number of hydrogen-bond acceptors (Lipinski definition) is 4. The normalized spacial score (nSPS) is 12.6. The smallest absolute Gasteiger partial charge is 0.242 e. The second-order valence-corrected chi connectivity index (χ2v) is 5.15. The SMILES string of the molecule is CC(C)C(N)C(=O)Nc1ncc(Br)nc1Br. The zero-order valence-corrected chi connectivity index (χ0v) is 12.0. The van der Waals surface area contributed by atoms with E-state index in [1.807, 2.05) is 13.8 Å². The highest BCUT2D eigenvalue weighted by Crippen LogP contribution is 2.19. The maximum atomic E-state index is 11.7. The number of nitrogens with zero attached hydrogens (tertiary/aromatic N) is 2. The predicted octanol–water partition coefficient (Wildman–Crippen LogP) is 1.92. The zero-order chi connectivity index (χ0) is 12.3. The maximum absolute atomic E-state index is 11.7. The minimum atomic E-state index is -0.558. The fourth-order valence-electron chi connectivity index (χ4n) is 0.933. The third-order valence-corrected chi connectivity index (χ3v) is 2.90. The lowest BCUT2D eigenvalue weighted by Gasteiger charge is -2.15. The van der Waals surface area contributed by atoms with E-state index in [1.165, 1.54) is 6.20 Å². The Morgan fingerprint density at radius 3 is 2.62 bits per heavy atom. The van der Waals surface area contributed by atoms with Crippen molar-refractivity contribution in [2.24, 2.45) is 11.7 Å². The number of hydrogen-bond donors (Lipinski definition) is 2. The number of rotatable bonds is 3. The minimum Gasteiger partial charge on any atom is -0.320 e. The van der Waals surface area contributed by atoms with Gasteiger partial charge < -0.3 is 11.1 Å². The quantitative estimate of drug-likeness (QED) is 0.871. The summed E-state index contributed by atoms with van der Waals surface area (Å²) < 4.78 is 1.05. The molecule has 88 valence electrons. The van der Waals surface area contributed by atoms with E-state index >= 15 is 0 Å². The van der Waals surface area contributed by atoms with Crippen LogP contribution in [0.2, 0.25) is 0 Å². The van der Waals surface area contributed by atoms with Gasteiger partial charge in [-0.15, -0.1) is 0 Å². The zero-order valence-electron chi connectivity index (χ0n) is 8.87. The standard InChI is InChI=1S/C9H12Br2N4O/c1-4(2)6(12)9(16)15-8-7(11)14-5(10)3-13-8/h3-4,6H,12H2,1-2H3,(H,13,15,16). The summed E-state index contributed by atoms with van der Waals surface area (Å²) in [5.41, 5.74) is 5.70. The lowest BCUT2D eigenvalue weighted by Crippen LogP contribution is -2.40. The summed E-state index contributed by atoms with van der Waals surface area (Å²) in [6.45, 7) is 3.76. The van der Waals surface area contributed by atoms with Crippen molar-refractivity contribution in [1.29, 1.82) is 0 Å². The number of anilines is 1. The monoisotopic (exact) mass is 350 g/mol. The Morgan fingerprint density at radius 2 is 2.12 bits per heavy atom. The molecule has 16 heavy (non-hydrogen) atoms. The number of carbonyl (C=O) groups excluding carboxylic acids is 1. The van der Waals surface area contributed by atoms with Crippen molar-refractivity contribution < 1.29 is 4.79 Å². The first-order chi connectivity index (χ1) is 7.41. The van der Waals surface area contributed by atoms with E-state index in [9.17, 15) is 4.79 Å². The fraction of sp³-hybridized carbons (Fsp3) is 0.444. The molecule has 1 aromatic heterocycles. The van der Waals surface area contributed by atoms with Gasteiger partial charge in [-0.05, 0) is 37.8 Å². The molecule has 0 spiro atoms. The fourth-order valence-corrected chi connectivity index (χ4v) is 1.84. The van der Waals surface area contributed by atoms with E-state index in [4.69, 9.17) is 5.73 Å². The summed E-state index contributed by atoms with van der Waals surface area (Å²) in [5, 5.41) is 2.61. The van der Waals surface area contributed by atoms with Gasteiger partial charge in [0, 0.05) is 0 Å². The van der Waals surface area contributed by atoms with E-state index < -0.39 is 6.04 Å². The Bertz CT molecular complexity index is 397. The van der Waals surface area contributed by atoms with Crippen LogP contribution in [0.4, 0.5) is 5.82 Å². The average molecular weight is 352 g/mol. The highest BCUT2D eigenvalue weighted by atomic mass is 79.9. The van der Waals surface area contributed by atoms with Crippen molar-refractivity contribution in [1.82, 2.24) is 9.97 Å². The molecule has 1 rings (SSSR count). The third kappa shape index (κ3) is 3.50. The van der Waals surface area contributed by atoms with Crippen LogP contribution in [0.1, 0.15) is 13.8 Å². The number of amides is 1. The van der Waals surface area contributed by atoms with Gasteiger partial charge in [0.1, 0.15) is 9.21 Å². The van der Waals surface area contributed by atoms with E-state index in [0.29, 0.717) is 15.0 Å². The Hall–Kier alpha value is -0.530. The van der Waals surface area contributed by atoms with E-state index in [-0.39, 0.29) is 11.8 Å². The number of halogens is 2. The second-order valence-electron chi connectivity index (χ2n) is 3.59. The van der Waals surface area contributed by atoms with Gasteiger partial charge in [0.15, 0.2) is 5.82 Å². The van der Waals surface area contributed by atoms with Crippen molar-refractivity contribution in [3.05, 3.63) is 15.4 Å². The molecule has 3 N–H and O–H groups in total. The molecule has 0 aliphatic carbocycles. The molecule has 1 amide bonds. The van der Waals surface area contributed by atoms with Crippen LogP contribution in [-0.2, 0) is 4.79 Å². The van der Waals surface area contributed by atoms with Crippen molar-refractivity contribution >= 4 is 43.6 Å². The molecule has 5 nitrogen and oxygen atoms in total. The van der Waals surface area contributed by atoms with Crippen LogP contribution in [0.5, 0.6) is 0 Å².